The van der Waals surface area contributed by atoms with E-state index in [9.17, 15) is 4.79 Å². The largest absolute Gasteiger partial charge is 0.479 e. The third-order valence-corrected chi connectivity index (χ3v) is 4.73. The van der Waals surface area contributed by atoms with Gasteiger partial charge in [0.1, 0.15) is 16.9 Å². The van der Waals surface area contributed by atoms with Crippen LogP contribution in [0.4, 0.5) is 5.69 Å². The highest BCUT2D eigenvalue weighted by Crippen LogP contribution is 2.30. The summed E-state index contributed by atoms with van der Waals surface area (Å²) < 4.78 is 11.7. The predicted molar refractivity (Wildman–Crippen MR) is 109 cm³/mol. The van der Waals surface area contributed by atoms with Gasteiger partial charge in [0.05, 0.1) is 5.02 Å². The normalized spacial score (nSPS) is 12.2. The zero-order valence-corrected chi connectivity index (χ0v) is 15.5. The first-order chi connectivity index (χ1) is 13.2. The summed E-state index contributed by atoms with van der Waals surface area (Å²) in [5.41, 5.74) is 2.21. The Morgan fingerprint density at radius 1 is 1.04 bits per heavy atom. The van der Waals surface area contributed by atoms with Crippen LogP contribution in [0.5, 0.6) is 5.75 Å². The van der Waals surface area contributed by atoms with Crippen LogP contribution in [-0.4, -0.2) is 12.0 Å². The molecule has 0 saturated heterocycles. The van der Waals surface area contributed by atoms with Gasteiger partial charge in [0, 0.05) is 22.5 Å². The molecule has 1 N–H and O–H groups in total. The maximum absolute atomic E-state index is 12.7. The zero-order valence-electron chi connectivity index (χ0n) is 14.7. The van der Waals surface area contributed by atoms with Gasteiger partial charge in [-0.25, -0.2) is 0 Å². The van der Waals surface area contributed by atoms with E-state index >= 15 is 0 Å². The van der Waals surface area contributed by atoms with Gasteiger partial charge < -0.3 is 14.5 Å². The molecule has 27 heavy (non-hydrogen) atoms. The molecule has 1 aromatic heterocycles. The molecule has 0 unspecified atom stereocenters. The predicted octanol–water partition coefficient (Wildman–Crippen LogP) is 6.04. The molecule has 4 nitrogen and oxygen atoms in total. The number of rotatable bonds is 5. The van der Waals surface area contributed by atoms with Crippen LogP contribution < -0.4 is 10.1 Å². The number of anilines is 1. The van der Waals surface area contributed by atoms with Gasteiger partial charge in [0.25, 0.3) is 5.91 Å². The summed E-state index contributed by atoms with van der Waals surface area (Å²) in [6.45, 7) is 1.89. The lowest BCUT2D eigenvalue weighted by Crippen LogP contribution is -2.32. The fraction of sp³-hybridized carbons (Fsp3) is 0.136. The van der Waals surface area contributed by atoms with Crippen molar-refractivity contribution >= 4 is 45.1 Å². The van der Waals surface area contributed by atoms with E-state index < -0.39 is 6.10 Å². The van der Waals surface area contributed by atoms with E-state index in [1.54, 1.807) is 12.1 Å². The number of furan rings is 1. The lowest BCUT2D eigenvalue weighted by Gasteiger charge is -2.18. The Balaban J connectivity index is 1.55. The van der Waals surface area contributed by atoms with Gasteiger partial charge in [-0.1, -0.05) is 48.9 Å². The molecule has 0 aliphatic heterocycles. The number of hydrogen-bond donors (Lipinski definition) is 1. The number of ether oxygens (including phenoxy) is 1. The molecule has 0 radical (unpaired) electrons. The van der Waals surface area contributed by atoms with Gasteiger partial charge in [-0.05, 0) is 36.8 Å². The third kappa shape index (κ3) is 3.49. The summed E-state index contributed by atoms with van der Waals surface area (Å²) >= 11 is 6.13. The third-order valence-electron chi connectivity index (χ3n) is 4.42. The molecule has 3 aromatic carbocycles. The quantitative estimate of drug-likeness (QED) is 0.460. The smallest absolute Gasteiger partial charge is 0.265 e. The van der Waals surface area contributed by atoms with E-state index in [4.69, 9.17) is 20.8 Å². The number of fused-ring (bicyclic) bond motifs is 3. The van der Waals surface area contributed by atoms with Gasteiger partial charge in [-0.15, -0.1) is 0 Å². The Hall–Kier alpha value is -2.98. The van der Waals surface area contributed by atoms with Gasteiger partial charge >= 0.3 is 0 Å². The van der Waals surface area contributed by atoms with E-state index in [0.29, 0.717) is 22.9 Å². The van der Waals surface area contributed by atoms with E-state index in [1.807, 2.05) is 61.5 Å². The van der Waals surface area contributed by atoms with Crippen LogP contribution in [0.1, 0.15) is 13.3 Å². The molecular formula is C22H18ClNO3. The standard InChI is InChI=1S/C22H18ClNO3/c1-2-18(26-20-10-6-4-8-17(20)23)22(25)24-14-11-12-16-15-7-3-5-9-19(15)27-21(16)13-14/h3-13,18H,2H2,1H3,(H,24,25)/t18-/m0/s1. The Bertz CT molecular complexity index is 1120. The number of nitrogens with one attached hydrogen (secondary N) is 1. The highest BCUT2D eigenvalue weighted by atomic mass is 35.5. The number of hydrogen-bond acceptors (Lipinski definition) is 3. The highest BCUT2D eigenvalue weighted by molar-refractivity contribution is 6.32. The SMILES string of the molecule is CC[C@H](Oc1ccccc1Cl)C(=O)Nc1ccc2c(c1)oc1ccccc12. The topological polar surface area (TPSA) is 51.5 Å². The van der Waals surface area contributed by atoms with Crippen LogP contribution >= 0.6 is 11.6 Å². The van der Waals surface area contributed by atoms with Crippen molar-refractivity contribution in [2.45, 2.75) is 19.4 Å². The van der Waals surface area contributed by atoms with Gasteiger partial charge in [0.2, 0.25) is 0 Å². The summed E-state index contributed by atoms with van der Waals surface area (Å²) in [7, 11) is 0. The van der Waals surface area contributed by atoms with Crippen molar-refractivity contribution in [3.05, 3.63) is 71.8 Å². The monoisotopic (exact) mass is 379 g/mol. The summed E-state index contributed by atoms with van der Waals surface area (Å²) in [6.07, 6.45) is -0.125. The van der Waals surface area contributed by atoms with Crippen molar-refractivity contribution in [1.82, 2.24) is 0 Å². The van der Waals surface area contributed by atoms with E-state index in [-0.39, 0.29) is 5.91 Å². The molecule has 1 atom stereocenters. The minimum atomic E-state index is -0.642. The van der Waals surface area contributed by atoms with Crippen molar-refractivity contribution in [3.8, 4) is 5.75 Å². The van der Waals surface area contributed by atoms with Crippen LogP contribution in [0.15, 0.2) is 71.1 Å². The number of carbonyl (C=O) groups is 1. The molecular weight excluding hydrogens is 362 g/mol. The molecule has 1 heterocycles. The average molecular weight is 380 g/mol. The number of benzene rings is 3. The first-order valence-corrected chi connectivity index (χ1v) is 9.17. The second-order valence-corrected chi connectivity index (χ2v) is 6.65. The van der Waals surface area contributed by atoms with Crippen molar-refractivity contribution < 1.29 is 13.9 Å². The van der Waals surface area contributed by atoms with Crippen LogP contribution in [0, 0.1) is 0 Å². The lowest BCUT2D eigenvalue weighted by atomic mass is 10.1. The Morgan fingerprint density at radius 2 is 1.78 bits per heavy atom. The first kappa shape index (κ1) is 17.4. The van der Waals surface area contributed by atoms with Crippen LogP contribution in [0.2, 0.25) is 5.02 Å². The van der Waals surface area contributed by atoms with Crippen LogP contribution in [-0.2, 0) is 4.79 Å². The zero-order chi connectivity index (χ0) is 18.8. The molecule has 0 aliphatic carbocycles. The summed E-state index contributed by atoms with van der Waals surface area (Å²) in [4.78, 5) is 12.7. The number of para-hydroxylation sites is 2. The Labute approximate surface area is 161 Å². The van der Waals surface area contributed by atoms with Crippen molar-refractivity contribution in [3.63, 3.8) is 0 Å². The minimum absolute atomic E-state index is 0.229. The molecule has 4 rings (SSSR count). The highest BCUT2D eigenvalue weighted by Gasteiger charge is 2.20. The van der Waals surface area contributed by atoms with E-state index in [0.717, 1.165) is 21.9 Å². The number of carbonyl (C=O) groups excluding carboxylic acids is 1. The van der Waals surface area contributed by atoms with Crippen LogP contribution in [0.25, 0.3) is 21.9 Å². The van der Waals surface area contributed by atoms with E-state index in [2.05, 4.69) is 5.32 Å². The second kappa shape index (κ2) is 7.33. The van der Waals surface area contributed by atoms with E-state index in [1.165, 1.54) is 0 Å². The lowest BCUT2D eigenvalue weighted by molar-refractivity contribution is -0.122. The van der Waals surface area contributed by atoms with Gasteiger partial charge in [-0.3, -0.25) is 4.79 Å². The fourth-order valence-corrected chi connectivity index (χ4v) is 3.22. The summed E-state index contributed by atoms with van der Waals surface area (Å²) in [6, 6.07) is 20.6. The summed E-state index contributed by atoms with van der Waals surface area (Å²) in [5.74, 6) is 0.266. The molecule has 1 amide bonds. The van der Waals surface area contributed by atoms with Gasteiger partial charge in [-0.2, -0.15) is 0 Å². The molecule has 4 aromatic rings. The van der Waals surface area contributed by atoms with Gasteiger partial charge in [0.15, 0.2) is 6.10 Å². The maximum Gasteiger partial charge on any atom is 0.265 e. The molecule has 0 fully saturated rings. The maximum atomic E-state index is 12.7. The molecule has 0 bridgehead atoms. The molecule has 0 saturated carbocycles. The number of halogens is 1. The molecule has 0 aliphatic rings. The molecule has 136 valence electrons. The fourth-order valence-electron chi connectivity index (χ4n) is 3.04. The molecule has 5 heteroatoms. The summed E-state index contributed by atoms with van der Waals surface area (Å²) in [5, 5.41) is 5.45. The Morgan fingerprint density at radius 3 is 2.59 bits per heavy atom. The van der Waals surface area contributed by atoms with Crippen LogP contribution in [0.3, 0.4) is 0 Å². The van der Waals surface area contributed by atoms with Crippen molar-refractivity contribution in [2.24, 2.45) is 0 Å². The first-order valence-electron chi connectivity index (χ1n) is 8.79. The Kier molecular flexibility index (Phi) is 4.73. The van der Waals surface area contributed by atoms with Crippen molar-refractivity contribution in [1.29, 1.82) is 0 Å². The van der Waals surface area contributed by atoms with Crippen molar-refractivity contribution in [2.75, 3.05) is 5.32 Å². The average Bonchev–Trinajstić information content (AvgIpc) is 3.05. The molecule has 0 spiro atoms. The minimum Gasteiger partial charge on any atom is -0.479 e. The number of amides is 1. The second-order valence-electron chi connectivity index (χ2n) is 6.24.